The number of carbonyl (C=O) groups excluding carboxylic acids is 1. The smallest absolute Gasteiger partial charge is 0.340 e. The van der Waals surface area contributed by atoms with E-state index in [-0.39, 0.29) is 11.9 Å². The summed E-state index contributed by atoms with van der Waals surface area (Å²) in [5.74, 6) is 1.85. The molecule has 0 spiro atoms. The molecule has 0 bridgehead atoms. The lowest BCUT2D eigenvalue weighted by atomic mass is 9.84. The number of methoxy groups -OCH3 is 1. The van der Waals surface area contributed by atoms with E-state index in [0.29, 0.717) is 29.0 Å². The highest BCUT2D eigenvalue weighted by Crippen LogP contribution is 2.38. The first-order valence-corrected chi connectivity index (χ1v) is 10.6. The standard InChI is InChI=1S/C24H28N4O3/c1-7-13(2)17-11-26-22(30-6)18-12-25-20(10-16(17)18)27-19-9-8-15-21(28-19)14(3)24(4,5)31-23(15)29/h8-14H,7H2,1-6H3,(H,25,27,28). The molecule has 31 heavy (non-hydrogen) atoms. The van der Waals surface area contributed by atoms with Crippen LogP contribution in [-0.2, 0) is 4.74 Å². The van der Waals surface area contributed by atoms with E-state index in [1.54, 1.807) is 25.4 Å². The van der Waals surface area contributed by atoms with Crippen LogP contribution in [0.2, 0.25) is 0 Å². The lowest BCUT2D eigenvalue weighted by Gasteiger charge is -2.36. The van der Waals surface area contributed by atoms with Gasteiger partial charge < -0.3 is 14.8 Å². The molecule has 7 heteroatoms. The Hall–Kier alpha value is -3.22. The quantitative estimate of drug-likeness (QED) is 0.557. The van der Waals surface area contributed by atoms with Gasteiger partial charge in [0.1, 0.15) is 17.2 Å². The topological polar surface area (TPSA) is 86.2 Å². The Morgan fingerprint density at radius 2 is 1.97 bits per heavy atom. The summed E-state index contributed by atoms with van der Waals surface area (Å²) >= 11 is 0. The number of ether oxygens (including phenoxy) is 2. The normalized spacial score (nSPS) is 18.3. The Balaban J connectivity index is 1.74. The molecule has 162 valence electrons. The van der Waals surface area contributed by atoms with Crippen LogP contribution < -0.4 is 10.1 Å². The lowest BCUT2D eigenvalue weighted by molar-refractivity contribution is -0.0189. The molecule has 2 unspecified atom stereocenters. The maximum Gasteiger partial charge on any atom is 0.340 e. The molecule has 1 aliphatic heterocycles. The molecular formula is C24H28N4O3. The van der Waals surface area contributed by atoms with Gasteiger partial charge in [-0.3, -0.25) is 0 Å². The Morgan fingerprint density at radius 3 is 2.68 bits per heavy atom. The van der Waals surface area contributed by atoms with Gasteiger partial charge in [-0.2, -0.15) is 0 Å². The lowest BCUT2D eigenvalue weighted by Crippen LogP contribution is -2.39. The van der Waals surface area contributed by atoms with E-state index in [2.05, 4.69) is 29.1 Å². The number of esters is 1. The van der Waals surface area contributed by atoms with E-state index in [9.17, 15) is 4.79 Å². The van der Waals surface area contributed by atoms with Gasteiger partial charge in [-0.15, -0.1) is 0 Å². The van der Waals surface area contributed by atoms with Crippen molar-refractivity contribution >= 4 is 28.4 Å². The monoisotopic (exact) mass is 420 g/mol. The van der Waals surface area contributed by atoms with Crippen LogP contribution in [0.1, 0.15) is 74.5 Å². The van der Waals surface area contributed by atoms with Gasteiger partial charge in [0.05, 0.1) is 23.8 Å². The minimum absolute atomic E-state index is 0.0288. The molecule has 0 aromatic carbocycles. The van der Waals surface area contributed by atoms with Crippen LogP contribution in [0.25, 0.3) is 10.8 Å². The highest BCUT2D eigenvalue weighted by atomic mass is 16.6. The molecule has 0 saturated heterocycles. The molecule has 7 nitrogen and oxygen atoms in total. The highest BCUT2D eigenvalue weighted by molar-refractivity contribution is 5.93. The predicted octanol–water partition coefficient (Wildman–Crippen LogP) is 5.34. The molecule has 0 radical (unpaired) electrons. The Kier molecular flexibility index (Phi) is 5.29. The fraction of sp³-hybridized carbons (Fsp3) is 0.417. The summed E-state index contributed by atoms with van der Waals surface area (Å²) in [5.41, 5.74) is 1.79. The molecule has 0 amide bonds. The minimum atomic E-state index is -0.606. The van der Waals surface area contributed by atoms with Gasteiger partial charge in [-0.1, -0.05) is 20.8 Å². The molecular weight excluding hydrogens is 392 g/mol. The van der Waals surface area contributed by atoms with Crippen LogP contribution in [-0.4, -0.2) is 33.6 Å². The van der Waals surface area contributed by atoms with Crippen LogP contribution in [0, 0.1) is 0 Å². The van der Waals surface area contributed by atoms with Gasteiger partial charge >= 0.3 is 5.97 Å². The zero-order chi connectivity index (χ0) is 22.3. The van der Waals surface area contributed by atoms with E-state index in [1.165, 1.54) is 0 Å². The number of nitrogens with zero attached hydrogens (tertiary/aromatic N) is 3. The number of hydrogen-bond acceptors (Lipinski definition) is 7. The number of rotatable bonds is 5. The Bertz CT molecular complexity index is 1160. The number of pyridine rings is 3. The number of cyclic esters (lactones) is 1. The number of hydrogen-bond donors (Lipinski definition) is 1. The largest absolute Gasteiger partial charge is 0.481 e. The first-order chi connectivity index (χ1) is 14.7. The van der Waals surface area contributed by atoms with Crippen molar-refractivity contribution in [1.29, 1.82) is 0 Å². The van der Waals surface area contributed by atoms with Crippen molar-refractivity contribution in [2.75, 3.05) is 12.4 Å². The third-order valence-corrected chi connectivity index (χ3v) is 6.31. The summed E-state index contributed by atoms with van der Waals surface area (Å²) in [7, 11) is 1.61. The summed E-state index contributed by atoms with van der Waals surface area (Å²) in [6.07, 6.45) is 4.66. The van der Waals surface area contributed by atoms with Crippen molar-refractivity contribution < 1.29 is 14.3 Å². The fourth-order valence-corrected chi connectivity index (χ4v) is 3.87. The van der Waals surface area contributed by atoms with Crippen molar-refractivity contribution in [3.05, 3.63) is 47.4 Å². The van der Waals surface area contributed by atoms with E-state index in [1.807, 2.05) is 33.0 Å². The first-order valence-electron chi connectivity index (χ1n) is 10.6. The van der Waals surface area contributed by atoms with Crippen LogP contribution >= 0.6 is 0 Å². The molecule has 0 aliphatic carbocycles. The molecule has 3 aromatic heterocycles. The highest BCUT2D eigenvalue weighted by Gasteiger charge is 2.40. The maximum absolute atomic E-state index is 12.3. The molecule has 4 rings (SSSR count). The van der Waals surface area contributed by atoms with Gasteiger partial charge in [0.25, 0.3) is 0 Å². The zero-order valence-corrected chi connectivity index (χ0v) is 18.8. The van der Waals surface area contributed by atoms with Crippen molar-refractivity contribution in [3.63, 3.8) is 0 Å². The summed E-state index contributed by atoms with van der Waals surface area (Å²) in [4.78, 5) is 26.1. The number of anilines is 2. The third kappa shape index (κ3) is 3.69. The van der Waals surface area contributed by atoms with Crippen molar-refractivity contribution in [1.82, 2.24) is 15.0 Å². The van der Waals surface area contributed by atoms with Gasteiger partial charge in [0, 0.05) is 18.3 Å². The molecule has 3 aromatic rings. The van der Waals surface area contributed by atoms with Gasteiger partial charge in [-0.05, 0) is 55.3 Å². The predicted molar refractivity (Wildman–Crippen MR) is 120 cm³/mol. The van der Waals surface area contributed by atoms with Gasteiger partial charge in [0.2, 0.25) is 5.88 Å². The molecule has 1 N–H and O–H groups in total. The Labute approximate surface area is 182 Å². The number of nitrogens with one attached hydrogen (secondary N) is 1. The molecule has 2 atom stereocenters. The molecule has 0 saturated carbocycles. The molecule has 0 fully saturated rings. The number of carbonyl (C=O) groups is 1. The molecule has 4 heterocycles. The van der Waals surface area contributed by atoms with E-state index < -0.39 is 5.60 Å². The van der Waals surface area contributed by atoms with Crippen molar-refractivity contribution in [3.8, 4) is 5.88 Å². The van der Waals surface area contributed by atoms with Gasteiger partial charge in [0.15, 0.2) is 0 Å². The number of aromatic nitrogens is 3. The van der Waals surface area contributed by atoms with Crippen LogP contribution in [0.15, 0.2) is 30.6 Å². The minimum Gasteiger partial charge on any atom is -0.481 e. The summed E-state index contributed by atoms with van der Waals surface area (Å²) in [6, 6.07) is 5.54. The summed E-state index contributed by atoms with van der Waals surface area (Å²) in [5, 5.41) is 5.22. The van der Waals surface area contributed by atoms with Crippen LogP contribution in [0.3, 0.4) is 0 Å². The SMILES string of the molecule is CCC(C)c1cnc(OC)c2cnc(Nc3ccc4c(n3)C(C)C(C)(C)OC4=O)cc12. The van der Waals surface area contributed by atoms with Crippen LogP contribution in [0.5, 0.6) is 5.88 Å². The third-order valence-electron chi connectivity index (χ3n) is 6.31. The second-order valence-electron chi connectivity index (χ2n) is 8.62. The first kappa shape index (κ1) is 21.0. The second kappa shape index (κ2) is 7.80. The average molecular weight is 421 g/mol. The van der Waals surface area contributed by atoms with E-state index in [0.717, 1.165) is 28.5 Å². The summed E-state index contributed by atoms with van der Waals surface area (Å²) < 4.78 is 11.0. The van der Waals surface area contributed by atoms with Crippen molar-refractivity contribution in [2.24, 2.45) is 0 Å². The zero-order valence-electron chi connectivity index (χ0n) is 18.8. The molecule has 1 aliphatic rings. The second-order valence-corrected chi connectivity index (χ2v) is 8.62. The maximum atomic E-state index is 12.3. The van der Waals surface area contributed by atoms with E-state index >= 15 is 0 Å². The van der Waals surface area contributed by atoms with Crippen molar-refractivity contribution in [2.45, 2.75) is 58.5 Å². The Morgan fingerprint density at radius 1 is 1.19 bits per heavy atom. The van der Waals surface area contributed by atoms with Gasteiger partial charge in [-0.25, -0.2) is 19.7 Å². The van der Waals surface area contributed by atoms with Crippen LogP contribution in [0.4, 0.5) is 11.6 Å². The fourth-order valence-electron chi connectivity index (χ4n) is 3.87. The number of fused-ring (bicyclic) bond motifs is 2. The summed E-state index contributed by atoms with van der Waals surface area (Å²) in [6.45, 7) is 10.2. The van der Waals surface area contributed by atoms with E-state index in [4.69, 9.17) is 14.5 Å². The average Bonchev–Trinajstić information content (AvgIpc) is 2.75.